The average molecular weight is 271 g/mol. The van der Waals surface area contributed by atoms with Crippen LogP contribution in [0.4, 0.5) is 0 Å². The molecule has 0 aliphatic carbocycles. The van der Waals surface area contributed by atoms with Gasteiger partial charge in [0.05, 0.1) is 23.1 Å². The maximum absolute atomic E-state index is 4.24. The molecule has 0 bridgehead atoms. The molecule has 3 rings (SSSR count). The third-order valence-electron chi connectivity index (χ3n) is 2.77. The maximum atomic E-state index is 4.24. The van der Waals surface area contributed by atoms with Crippen LogP contribution in [-0.2, 0) is 13.1 Å². The Morgan fingerprint density at radius 2 is 2.26 bits per heavy atom. The summed E-state index contributed by atoms with van der Waals surface area (Å²) >= 11 is 1.61. The first-order chi connectivity index (χ1) is 9.43. The van der Waals surface area contributed by atoms with E-state index in [1.165, 1.54) is 0 Å². The average Bonchev–Trinajstić information content (AvgIpc) is 3.11. The van der Waals surface area contributed by atoms with Crippen LogP contribution in [0.5, 0.6) is 0 Å². The summed E-state index contributed by atoms with van der Waals surface area (Å²) in [5, 5.41) is 12.5. The SMILES string of the molecule is c1cncc(-c2[nH]ncc2CNCc2cscn2)c1. The van der Waals surface area contributed by atoms with Crippen molar-refractivity contribution < 1.29 is 0 Å². The van der Waals surface area contributed by atoms with Crippen molar-refractivity contribution >= 4 is 11.3 Å². The normalized spacial score (nSPS) is 10.7. The number of aromatic nitrogens is 4. The molecule has 0 aliphatic rings. The minimum absolute atomic E-state index is 0.748. The molecule has 96 valence electrons. The number of thiazole rings is 1. The van der Waals surface area contributed by atoms with Crippen LogP contribution in [0.15, 0.2) is 41.6 Å². The second kappa shape index (κ2) is 5.73. The largest absolute Gasteiger partial charge is 0.307 e. The number of hydrogen-bond donors (Lipinski definition) is 2. The van der Waals surface area contributed by atoms with E-state index in [1.54, 1.807) is 17.5 Å². The van der Waals surface area contributed by atoms with Crippen molar-refractivity contribution in [2.24, 2.45) is 0 Å². The number of nitrogens with zero attached hydrogens (tertiary/aromatic N) is 3. The minimum Gasteiger partial charge on any atom is -0.307 e. The molecule has 3 aromatic rings. The zero-order valence-corrected chi connectivity index (χ0v) is 11.0. The number of pyridine rings is 1. The number of rotatable bonds is 5. The first kappa shape index (κ1) is 12.0. The molecule has 0 aromatic carbocycles. The molecule has 19 heavy (non-hydrogen) atoms. The van der Waals surface area contributed by atoms with Crippen molar-refractivity contribution in [3.05, 3.63) is 52.9 Å². The predicted octanol–water partition coefficient (Wildman–Crippen LogP) is 2.22. The molecule has 0 atom stereocenters. The van der Waals surface area contributed by atoms with E-state index in [4.69, 9.17) is 0 Å². The highest BCUT2D eigenvalue weighted by molar-refractivity contribution is 7.07. The molecule has 2 N–H and O–H groups in total. The molecule has 0 radical (unpaired) electrons. The van der Waals surface area contributed by atoms with Crippen LogP contribution in [0.3, 0.4) is 0 Å². The van der Waals surface area contributed by atoms with Gasteiger partial charge in [-0.2, -0.15) is 5.10 Å². The summed E-state index contributed by atoms with van der Waals surface area (Å²) in [5.74, 6) is 0. The van der Waals surface area contributed by atoms with Gasteiger partial charge < -0.3 is 5.32 Å². The Balaban J connectivity index is 1.67. The van der Waals surface area contributed by atoms with E-state index in [-0.39, 0.29) is 0 Å². The number of H-pyrrole nitrogens is 1. The highest BCUT2D eigenvalue weighted by atomic mass is 32.1. The van der Waals surface area contributed by atoms with Crippen LogP contribution in [-0.4, -0.2) is 20.2 Å². The van der Waals surface area contributed by atoms with E-state index in [1.807, 2.05) is 35.4 Å². The Labute approximate surface area is 114 Å². The molecule has 0 aliphatic heterocycles. The molecule has 0 amide bonds. The predicted molar refractivity (Wildman–Crippen MR) is 74.5 cm³/mol. The van der Waals surface area contributed by atoms with E-state index in [2.05, 4.69) is 25.5 Å². The summed E-state index contributed by atoms with van der Waals surface area (Å²) in [6.45, 7) is 1.51. The Kier molecular flexibility index (Phi) is 3.62. The summed E-state index contributed by atoms with van der Waals surface area (Å²) < 4.78 is 0. The second-order valence-electron chi connectivity index (χ2n) is 4.10. The fourth-order valence-electron chi connectivity index (χ4n) is 1.86. The first-order valence-corrected chi connectivity index (χ1v) is 6.88. The Hall–Kier alpha value is -2.05. The second-order valence-corrected chi connectivity index (χ2v) is 4.81. The standard InChI is InChI=1S/C13H13N5S/c1-2-10(4-14-3-1)13-11(6-17-18-13)5-15-7-12-8-19-9-16-12/h1-4,6,8-9,15H,5,7H2,(H,17,18). The molecular weight excluding hydrogens is 258 g/mol. The molecule has 0 saturated carbocycles. The van der Waals surface area contributed by atoms with Gasteiger partial charge in [0.25, 0.3) is 0 Å². The van der Waals surface area contributed by atoms with Crippen LogP contribution < -0.4 is 5.32 Å². The molecule has 0 fully saturated rings. The van der Waals surface area contributed by atoms with Crippen molar-refractivity contribution in [1.29, 1.82) is 0 Å². The van der Waals surface area contributed by atoms with Gasteiger partial charge in [0.2, 0.25) is 0 Å². The third-order valence-corrected chi connectivity index (χ3v) is 3.41. The quantitative estimate of drug-likeness (QED) is 0.746. The summed E-state index contributed by atoms with van der Waals surface area (Å²) in [7, 11) is 0. The van der Waals surface area contributed by atoms with Crippen molar-refractivity contribution in [3.8, 4) is 11.3 Å². The van der Waals surface area contributed by atoms with Gasteiger partial charge in [0.15, 0.2) is 0 Å². The van der Waals surface area contributed by atoms with Crippen molar-refractivity contribution in [3.63, 3.8) is 0 Å². The van der Waals surface area contributed by atoms with Crippen LogP contribution >= 0.6 is 11.3 Å². The van der Waals surface area contributed by atoms with Crippen LogP contribution in [0, 0.1) is 0 Å². The molecular formula is C13H13N5S. The summed E-state index contributed by atoms with van der Waals surface area (Å²) in [6.07, 6.45) is 5.44. The van der Waals surface area contributed by atoms with Crippen molar-refractivity contribution in [2.75, 3.05) is 0 Å². The Morgan fingerprint density at radius 1 is 1.26 bits per heavy atom. The van der Waals surface area contributed by atoms with Gasteiger partial charge >= 0.3 is 0 Å². The summed E-state index contributed by atoms with van der Waals surface area (Å²) in [4.78, 5) is 8.36. The van der Waals surface area contributed by atoms with Gasteiger partial charge in [-0.15, -0.1) is 11.3 Å². The molecule has 0 unspecified atom stereocenters. The van der Waals surface area contributed by atoms with Crippen molar-refractivity contribution in [2.45, 2.75) is 13.1 Å². The topological polar surface area (TPSA) is 66.5 Å². The maximum Gasteiger partial charge on any atom is 0.0795 e. The van der Waals surface area contributed by atoms with Crippen molar-refractivity contribution in [1.82, 2.24) is 25.5 Å². The lowest BCUT2D eigenvalue weighted by Gasteiger charge is -2.04. The summed E-state index contributed by atoms with van der Waals surface area (Å²) in [5.41, 5.74) is 6.10. The van der Waals surface area contributed by atoms with Gasteiger partial charge in [0, 0.05) is 42.0 Å². The van der Waals surface area contributed by atoms with Gasteiger partial charge in [-0.25, -0.2) is 4.98 Å². The van der Waals surface area contributed by atoms with Gasteiger partial charge in [-0.1, -0.05) is 0 Å². The van der Waals surface area contributed by atoms with E-state index in [0.29, 0.717) is 0 Å². The lowest BCUT2D eigenvalue weighted by Crippen LogP contribution is -2.13. The van der Waals surface area contributed by atoms with E-state index in [0.717, 1.165) is 35.6 Å². The fourth-order valence-corrected chi connectivity index (χ4v) is 2.41. The zero-order valence-electron chi connectivity index (χ0n) is 10.2. The van der Waals surface area contributed by atoms with Crippen LogP contribution in [0.25, 0.3) is 11.3 Å². The molecule has 5 nitrogen and oxygen atoms in total. The van der Waals surface area contributed by atoms with Gasteiger partial charge in [-0.05, 0) is 12.1 Å². The molecule has 0 spiro atoms. The van der Waals surface area contributed by atoms with Crippen LogP contribution in [0.2, 0.25) is 0 Å². The van der Waals surface area contributed by atoms with Gasteiger partial charge in [0.1, 0.15) is 0 Å². The highest BCUT2D eigenvalue weighted by Crippen LogP contribution is 2.19. The fraction of sp³-hybridized carbons (Fsp3) is 0.154. The number of aromatic amines is 1. The van der Waals surface area contributed by atoms with E-state index in [9.17, 15) is 0 Å². The Morgan fingerprint density at radius 3 is 3.05 bits per heavy atom. The smallest absolute Gasteiger partial charge is 0.0795 e. The zero-order chi connectivity index (χ0) is 12.9. The van der Waals surface area contributed by atoms with E-state index >= 15 is 0 Å². The minimum atomic E-state index is 0.748. The molecule has 0 saturated heterocycles. The number of hydrogen-bond acceptors (Lipinski definition) is 5. The van der Waals surface area contributed by atoms with Crippen LogP contribution in [0.1, 0.15) is 11.3 Å². The summed E-state index contributed by atoms with van der Waals surface area (Å²) in [6, 6.07) is 3.94. The monoisotopic (exact) mass is 271 g/mol. The third kappa shape index (κ3) is 2.86. The number of nitrogens with one attached hydrogen (secondary N) is 2. The van der Waals surface area contributed by atoms with E-state index < -0.39 is 0 Å². The molecule has 6 heteroatoms. The lowest BCUT2D eigenvalue weighted by molar-refractivity contribution is 0.684. The highest BCUT2D eigenvalue weighted by Gasteiger charge is 2.07. The first-order valence-electron chi connectivity index (χ1n) is 5.94. The molecule has 3 heterocycles. The van der Waals surface area contributed by atoms with Gasteiger partial charge in [-0.3, -0.25) is 10.1 Å². The lowest BCUT2D eigenvalue weighted by atomic mass is 10.1. The Bertz CT molecular complexity index is 618. The molecule has 3 aromatic heterocycles.